The SMILES string of the molecule is COP(=S)(OC)Oc1ccc(SC)c(Cl)c1. The van der Waals surface area contributed by atoms with E-state index in [1.54, 1.807) is 23.9 Å². The van der Waals surface area contributed by atoms with Gasteiger partial charge in [0.1, 0.15) is 5.75 Å². The molecule has 0 saturated carbocycles. The van der Waals surface area contributed by atoms with Crippen molar-refractivity contribution >= 4 is 41.9 Å². The van der Waals surface area contributed by atoms with E-state index in [9.17, 15) is 0 Å². The molecule has 0 aliphatic rings. The first kappa shape index (κ1) is 14.3. The quantitative estimate of drug-likeness (QED) is 0.606. The Balaban J connectivity index is 2.91. The summed E-state index contributed by atoms with van der Waals surface area (Å²) < 4.78 is 15.5. The first-order valence-corrected chi connectivity index (χ1v) is 8.45. The Bertz CT molecular complexity index is 406. The molecule has 16 heavy (non-hydrogen) atoms. The zero-order chi connectivity index (χ0) is 12.2. The van der Waals surface area contributed by atoms with Crippen molar-refractivity contribution in [2.24, 2.45) is 0 Å². The molecule has 1 aromatic carbocycles. The van der Waals surface area contributed by atoms with E-state index in [2.05, 4.69) is 0 Å². The molecule has 0 N–H and O–H groups in total. The van der Waals surface area contributed by atoms with Crippen molar-refractivity contribution in [2.45, 2.75) is 4.90 Å². The fourth-order valence-corrected chi connectivity index (χ4v) is 2.77. The van der Waals surface area contributed by atoms with Crippen molar-refractivity contribution in [3.63, 3.8) is 0 Å². The highest BCUT2D eigenvalue weighted by Gasteiger charge is 2.18. The maximum absolute atomic E-state index is 6.04. The van der Waals surface area contributed by atoms with E-state index in [1.807, 2.05) is 12.3 Å². The standard InChI is InChI=1S/C9H12ClO3PS2/c1-11-14(15,12-2)13-7-4-5-9(16-3)8(10)6-7/h4-6H,1-3H3. The Hall–Kier alpha value is 0.230. The van der Waals surface area contributed by atoms with E-state index in [4.69, 9.17) is 37.0 Å². The van der Waals surface area contributed by atoms with Gasteiger partial charge in [-0.05, 0) is 18.4 Å². The van der Waals surface area contributed by atoms with Crippen LogP contribution in [-0.4, -0.2) is 20.5 Å². The molecule has 0 amide bonds. The Morgan fingerprint density at radius 3 is 2.38 bits per heavy atom. The second kappa shape index (κ2) is 6.24. The molecule has 0 aliphatic carbocycles. The summed E-state index contributed by atoms with van der Waals surface area (Å²) in [6.07, 6.45) is 1.95. The summed E-state index contributed by atoms with van der Waals surface area (Å²) in [6, 6.07) is 5.36. The van der Waals surface area contributed by atoms with Crippen LogP contribution >= 0.6 is 30.1 Å². The third-order valence-corrected chi connectivity index (χ3v) is 5.46. The largest absolute Gasteiger partial charge is 0.424 e. The lowest BCUT2D eigenvalue weighted by Crippen LogP contribution is -1.96. The smallest absolute Gasteiger partial charge is 0.380 e. The lowest BCUT2D eigenvalue weighted by molar-refractivity contribution is 0.273. The normalized spacial score (nSPS) is 11.5. The van der Waals surface area contributed by atoms with Crippen molar-refractivity contribution in [1.29, 1.82) is 0 Å². The minimum Gasteiger partial charge on any atom is -0.424 e. The monoisotopic (exact) mass is 298 g/mol. The number of rotatable bonds is 5. The predicted octanol–water partition coefficient (Wildman–Crippen LogP) is 3.96. The van der Waals surface area contributed by atoms with E-state index in [1.165, 1.54) is 14.2 Å². The lowest BCUT2D eigenvalue weighted by Gasteiger charge is -2.18. The van der Waals surface area contributed by atoms with Crippen LogP contribution in [0, 0.1) is 0 Å². The third-order valence-electron chi connectivity index (χ3n) is 1.79. The topological polar surface area (TPSA) is 27.7 Å². The van der Waals surface area contributed by atoms with Gasteiger partial charge in [0, 0.05) is 37.0 Å². The predicted molar refractivity (Wildman–Crippen MR) is 72.2 cm³/mol. The van der Waals surface area contributed by atoms with Gasteiger partial charge in [0.05, 0.1) is 5.02 Å². The molecule has 90 valence electrons. The first-order chi connectivity index (χ1) is 7.54. The summed E-state index contributed by atoms with van der Waals surface area (Å²) in [5, 5.41) is 0.624. The molecule has 0 aliphatic heterocycles. The highest BCUT2D eigenvalue weighted by molar-refractivity contribution is 8.07. The molecule has 0 atom stereocenters. The highest BCUT2D eigenvalue weighted by atomic mass is 35.5. The first-order valence-electron chi connectivity index (χ1n) is 4.29. The van der Waals surface area contributed by atoms with Crippen LogP contribution < -0.4 is 4.52 Å². The summed E-state index contributed by atoms with van der Waals surface area (Å²) in [5.74, 6) is 0.551. The molecule has 1 rings (SSSR count). The van der Waals surface area contributed by atoms with Crippen LogP contribution in [0.3, 0.4) is 0 Å². The number of hydrogen-bond acceptors (Lipinski definition) is 5. The molecule has 3 nitrogen and oxygen atoms in total. The Labute approximate surface area is 110 Å². The molecular weight excluding hydrogens is 287 g/mol. The molecule has 0 spiro atoms. The van der Waals surface area contributed by atoms with E-state index in [0.717, 1.165) is 4.90 Å². The zero-order valence-corrected chi connectivity index (χ0v) is 12.4. The molecule has 0 heterocycles. The van der Waals surface area contributed by atoms with Gasteiger partial charge in [-0.25, -0.2) is 0 Å². The third kappa shape index (κ3) is 3.62. The van der Waals surface area contributed by atoms with Gasteiger partial charge in [0.25, 0.3) is 0 Å². The van der Waals surface area contributed by atoms with Gasteiger partial charge in [-0.3, -0.25) is 0 Å². The molecule has 0 bridgehead atoms. The molecule has 0 unspecified atom stereocenters. The van der Waals surface area contributed by atoms with Crippen molar-refractivity contribution in [2.75, 3.05) is 20.5 Å². The van der Waals surface area contributed by atoms with Crippen LogP contribution in [0.1, 0.15) is 0 Å². The van der Waals surface area contributed by atoms with E-state index in [-0.39, 0.29) is 0 Å². The molecule has 0 fully saturated rings. The minimum atomic E-state index is -2.68. The number of thioether (sulfide) groups is 1. The highest BCUT2D eigenvalue weighted by Crippen LogP contribution is 2.48. The van der Waals surface area contributed by atoms with Crippen LogP contribution in [-0.2, 0) is 20.9 Å². The van der Waals surface area contributed by atoms with Gasteiger partial charge in [-0.15, -0.1) is 11.8 Å². The molecule has 7 heteroatoms. The van der Waals surface area contributed by atoms with Crippen LogP contribution in [0.15, 0.2) is 23.1 Å². The van der Waals surface area contributed by atoms with Gasteiger partial charge in [0.2, 0.25) is 0 Å². The minimum absolute atomic E-state index is 0.551. The Morgan fingerprint density at radius 2 is 1.94 bits per heavy atom. The summed E-state index contributed by atoms with van der Waals surface area (Å²) in [5.41, 5.74) is 0. The molecule has 0 radical (unpaired) electrons. The Kier molecular flexibility index (Phi) is 5.57. The molecule has 1 aromatic rings. The van der Waals surface area contributed by atoms with Gasteiger partial charge in [-0.1, -0.05) is 11.6 Å². The average molecular weight is 299 g/mol. The van der Waals surface area contributed by atoms with Crippen LogP contribution in [0.5, 0.6) is 5.75 Å². The molecule has 0 aromatic heterocycles. The summed E-state index contributed by atoms with van der Waals surface area (Å²) in [6.45, 7) is -2.68. The zero-order valence-electron chi connectivity index (χ0n) is 9.10. The molecular formula is C9H12ClO3PS2. The number of halogens is 1. The molecule has 0 saturated heterocycles. The second-order valence-electron chi connectivity index (χ2n) is 2.70. The summed E-state index contributed by atoms with van der Waals surface area (Å²) >= 11 is 12.7. The van der Waals surface area contributed by atoms with Crippen molar-refractivity contribution in [1.82, 2.24) is 0 Å². The van der Waals surface area contributed by atoms with Crippen LogP contribution in [0.4, 0.5) is 0 Å². The Morgan fingerprint density at radius 1 is 1.31 bits per heavy atom. The fraction of sp³-hybridized carbons (Fsp3) is 0.333. The fourth-order valence-electron chi connectivity index (χ4n) is 0.982. The maximum Gasteiger partial charge on any atom is 0.380 e. The van der Waals surface area contributed by atoms with Crippen molar-refractivity contribution in [3.8, 4) is 5.75 Å². The summed E-state index contributed by atoms with van der Waals surface area (Å²) in [4.78, 5) is 0.983. The van der Waals surface area contributed by atoms with E-state index >= 15 is 0 Å². The maximum atomic E-state index is 6.04. The van der Waals surface area contributed by atoms with Gasteiger partial charge in [-0.2, -0.15) is 0 Å². The van der Waals surface area contributed by atoms with Gasteiger partial charge < -0.3 is 13.6 Å². The lowest BCUT2D eigenvalue weighted by atomic mass is 10.3. The number of hydrogen-bond donors (Lipinski definition) is 0. The van der Waals surface area contributed by atoms with E-state index in [0.29, 0.717) is 10.8 Å². The number of benzene rings is 1. The average Bonchev–Trinajstić information content (AvgIpc) is 2.29. The van der Waals surface area contributed by atoms with E-state index < -0.39 is 6.72 Å². The van der Waals surface area contributed by atoms with Crippen LogP contribution in [0.25, 0.3) is 0 Å². The summed E-state index contributed by atoms with van der Waals surface area (Å²) in [7, 11) is 2.92. The van der Waals surface area contributed by atoms with Crippen molar-refractivity contribution in [3.05, 3.63) is 23.2 Å². The van der Waals surface area contributed by atoms with Crippen molar-refractivity contribution < 1.29 is 13.6 Å². The van der Waals surface area contributed by atoms with Gasteiger partial charge >= 0.3 is 6.72 Å². The van der Waals surface area contributed by atoms with Crippen LogP contribution in [0.2, 0.25) is 5.02 Å². The van der Waals surface area contributed by atoms with Gasteiger partial charge in [0.15, 0.2) is 0 Å². The second-order valence-corrected chi connectivity index (χ2v) is 7.10.